The zero-order chi connectivity index (χ0) is 16.7. The molecule has 23 heavy (non-hydrogen) atoms. The van der Waals surface area contributed by atoms with Gasteiger partial charge in [-0.2, -0.15) is 0 Å². The quantitative estimate of drug-likeness (QED) is 0.806. The number of halogens is 1. The minimum atomic E-state index is -0.202. The minimum Gasteiger partial charge on any atom is -0.491 e. The van der Waals surface area contributed by atoms with Gasteiger partial charge in [-0.1, -0.05) is 11.6 Å². The third kappa shape index (κ3) is 5.66. The van der Waals surface area contributed by atoms with E-state index in [2.05, 4.69) is 17.3 Å². The summed E-state index contributed by atoms with van der Waals surface area (Å²) in [5.41, 5.74) is 5.87. The number of rotatable bonds is 6. The largest absolute Gasteiger partial charge is 0.491 e. The van der Waals surface area contributed by atoms with Crippen molar-refractivity contribution < 1.29 is 14.3 Å². The van der Waals surface area contributed by atoms with Crippen molar-refractivity contribution in [3.63, 3.8) is 0 Å². The molecule has 0 saturated carbocycles. The minimum absolute atomic E-state index is 0.202. The van der Waals surface area contributed by atoms with Crippen molar-refractivity contribution >= 4 is 17.5 Å². The van der Waals surface area contributed by atoms with Crippen molar-refractivity contribution in [3.05, 3.63) is 28.8 Å². The van der Waals surface area contributed by atoms with E-state index in [0.29, 0.717) is 42.6 Å². The molecule has 1 aromatic rings. The molecule has 7 heteroatoms. The van der Waals surface area contributed by atoms with E-state index < -0.39 is 0 Å². The van der Waals surface area contributed by atoms with Gasteiger partial charge in [0.15, 0.2) is 0 Å². The lowest BCUT2D eigenvalue weighted by atomic mass is 10.1. The second-order valence-corrected chi connectivity index (χ2v) is 6.13. The van der Waals surface area contributed by atoms with Gasteiger partial charge in [0.1, 0.15) is 12.4 Å². The lowest BCUT2D eigenvalue weighted by Gasteiger charge is -2.19. The van der Waals surface area contributed by atoms with Crippen LogP contribution in [0.4, 0.5) is 0 Å². The number of likely N-dealkylation sites (N-methyl/N-ethyl adjacent to an activating group) is 1. The Labute approximate surface area is 141 Å². The van der Waals surface area contributed by atoms with Crippen LogP contribution in [-0.2, 0) is 4.74 Å². The predicted octanol–water partition coefficient (Wildman–Crippen LogP) is 0.986. The van der Waals surface area contributed by atoms with Crippen LogP contribution in [0.1, 0.15) is 10.4 Å². The maximum atomic E-state index is 12.5. The smallest absolute Gasteiger partial charge is 0.255 e. The summed E-state index contributed by atoms with van der Waals surface area (Å²) in [6.07, 6.45) is 0. The van der Waals surface area contributed by atoms with Crippen LogP contribution >= 0.6 is 11.6 Å². The molecule has 1 heterocycles. The van der Waals surface area contributed by atoms with E-state index in [4.69, 9.17) is 26.8 Å². The number of benzene rings is 1. The molecule has 0 aromatic heterocycles. The van der Waals surface area contributed by atoms with E-state index in [9.17, 15) is 4.79 Å². The molecule has 128 valence electrons. The van der Waals surface area contributed by atoms with Crippen LogP contribution < -0.4 is 15.8 Å². The van der Waals surface area contributed by atoms with E-state index in [1.165, 1.54) is 0 Å². The molecule has 1 aromatic carbocycles. The molecule has 0 bridgehead atoms. The fourth-order valence-electron chi connectivity index (χ4n) is 2.49. The van der Waals surface area contributed by atoms with Crippen LogP contribution in [0.15, 0.2) is 18.2 Å². The van der Waals surface area contributed by atoms with Crippen molar-refractivity contribution in [1.29, 1.82) is 0 Å². The molecule has 0 spiro atoms. The number of hydrogen-bond acceptors (Lipinski definition) is 5. The van der Waals surface area contributed by atoms with Gasteiger partial charge in [-0.25, -0.2) is 0 Å². The van der Waals surface area contributed by atoms with Gasteiger partial charge in [-0.3, -0.25) is 4.79 Å². The van der Waals surface area contributed by atoms with Gasteiger partial charge in [-0.15, -0.1) is 0 Å². The molecule has 1 aliphatic rings. The molecular formula is C16H24ClN3O3. The molecule has 0 unspecified atom stereocenters. The van der Waals surface area contributed by atoms with Crippen LogP contribution in [0.2, 0.25) is 5.02 Å². The Hall–Kier alpha value is -1.34. The molecule has 1 fully saturated rings. The molecule has 1 saturated heterocycles. The van der Waals surface area contributed by atoms with Crippen molar-refractivity contribution in [3.8, 4) is 5.75 Å². The molecular weight excluding hydrogens is 318 g/mol. The number of ether oxygens (including phenoxy) is 2. The van der Waals surface area contributed by atoms with Gasteiger partial charge in [0.2, 0.25) is 0 Å². The first-order chi connectivity index (χ1) is 11.1. The SMILES string of the molecule is CN1CCOC[C@H](CNC(=O)c2cc(Cl)ccc2OCCN)C1. The van der Waals surface area contributed by atoms with Crippen LogP contribution in [0.25, 0.3) is 0 Å². The van der Waals surface area contributed by atoms with Gasteiger partial charge >= 0.3 is 0 Å². The lowest BCUT2D eigenvalue weighted by Crippen LogP contribution is -2.36. The second kappa shape index (κ2) is 9.08. The fraction of sp³-hybridized carbons (Fsp3) is 0.562. The maximum absolute atomic E-state index is 12.5. The number of nitrogens with one attached hydrogen (secondary N) is 1. The topological polar surface area (TPSA) is 76.8 Å². The average Bonchev–Trinajstić information content (AvgIpc) is 2.75. The van der Waals surface area contributed by atoms with Crippen molar-refractivity contribution in [2.45, 2.75) is 0 Å². The van der Waals surface area contributed by atoms with Crippen molar-refractivity contribution in [2.75, 3.05) is 53.0 Å². The predicted molar refractivity (Wildman–Crippen MR) is 90.1 cm³/mol. The van der Waals surface area contributed by atoms with Crippen LogP contribution in [0.3, 0.4) is 0 Å². The summed E-state index contributed by atoms with van der Waals surface area (Å²) in [5, 5.41) is 3.44. The van der Waals surface area contributed by atoms with Crippen molar-refractivity contribution in [1.82, 2.24) is 10.2 Å². The Kier molecular flexibility index (Phi) is 7.11. The maximum Gasteiger partial charge on any atom is 0.255 e. The Bertz CT molecular complexity index is 527. The molecule has 0 aliphatic carbocycles. The zero-order valence-electron chi connectivity index (χ0n) is 13.4. The highest BCUT2D eigenvalue weighted by Crippen LogP contribution is 2.23. The first-order valence-electron chi connectivity index (χ1n) is 7.77. The highest BCUT2D eigenvalue weighted by molar-refractivity contribution is 6.31. The van der Waals surface area contributed by atoms with Gasteiger partial charge < -0.3 is 25.4 Å². The molecule has 3 N–H and O–H groups in total. The first-order valence-corrected chi connectivity index (χ1v) is 8.15. The highest BCUT2D eigenvalue weighted by Gasteiger charge is 2.19. The lowest BCUT2D eigenvalue weighted by molar-refractivity contribution is 0.0917. The highest BCUT2D eigenvalue weighted by atomic mass is 35.5. The molecule has 1 atom stereocenters. The summed E-state index contributed by atoms with van der Waals surface area (Å²) in [4.78, 5) is 14.7. The van der Waals surface area contributed by atoms with Gasteiger partial charge in [0.05, 0.1) is 18.8 Å². The molecule has 6 nitrogen and oxygen atoms in total. The Morgan fingerprint density at radius 2 is 2.39 bits per heavy atom. The van der Waals surface area contributed by atoms with Crippen molar-refractivity contribution in [2.24, 2.45) is 11.7 Å². The Balaban J connectivity index is 1.97. The Morgan fingerprint density at radius 1 is 1.57 bits per heavy atom. The van der Waals surface area contributed by atoms with Crippen LogP contribution in [0.5, 0.6) is 5.75 Å². The standard InChI is InChI=1S/C16H24ClN3O3/c1-20-5-7-22-11-12(10-20)9-19-16(21)14-8-13(17)2-3-15(14)23-6-4-18/h2-3,8,12H,4-7,9-11,18H2,1H3,(H,19,21)/t12-/m1/s1. The molecule has 1 amide bonds. The third-order valence-corrected chi connectivity index (χ3v) is 3.89. The average molecular weight is 342 g/mol. The summed E-state index contributed by atoms with van der Waals surface area (Å²) >= 11 is 6.00. The summed E-state index contributed by atoms with van der Waals surface area (Å²) in [5.74, 6) is 0.553. The zero-order valence-corrected chi connectivity index (χ0v) is 14.1. The summed E-state index contributed by atoms with van der Waals surface area (Å²) < 4.78 is 11.1. The van der Waals surface area contributed by atoms with Gasteiger partial charge in [0, 0.05) is 37.1 Å². The fourth-order valence-corrected chi connectivity index (χ4v) is 2.66. The van der Waals surface area contributed by atoms with Gasteiger partial charge in [-0.05, 0) is 25.2 Å². The number of carbonyl (C=O) groups is 1. The van der Waals surface area contributed by atoms with E-state index in [0.717, 1.165) is 19.7 Å². The van der Waals surface area contributed by atoms with E-state index in [-0.39, 0.29) is 11.8 Å². The number of hydrogen-bond donors (Lipinski definition) is 2. The molecule has 0 radical (unpaired) electrons. The normalized spacial score (nSPS) is 19.2. The van der Waals surface area contributed by atoms with Crippen LogP contribution in [-0.4, -0.2) is 63.9 Å². The first kappa shape index (κ1) is 18.0. The van der Waals surface area contributed by atoms with E-state index >= 15 is 0 Å². The third-order valence-electron chi connectivity index (χ3n) is 3.65. The Morgan fingerprint density at radius 3 is 3.17 bits per heavy atom. The van der Waals surface area contributed by atoms with E-state index in [1.807, 2.05) is 0 Å². The monoisotopic (exact) mass is 341 g/mol. The summed E-state index contributed by atoms with van der Waals surface area (Å²) in [6, 6.07) is 4.99. The summed E-state index contributed by atoms with van der Waals surface area (Å²) in [6.45, 7) is 4.47. The second-order valence-electron chi connectivity index (χ2n) is 5.69. The number of nitrogens with two attached hydrogens (primary N) is 1. The number of nitrogens with zero attached hydrogens (tertiary/aromatic N) is 1. The van der Waals surface area contributed by atoms with E-state index in [1.54, 1.807) is 18.2 Å². The summed E-state index contributed by atoms with van der Waals surface area (Å²) in [7, 11) is 2.05. The number of carbonyl (C=O) groups excluding carboxylic acids is 1. The number of amides is 1. The van der Waals surface area contributed by atoms with Crippen LogP contribution in [0, 0.1) is 5.92 Å². The molecule has 1 aliphatic heterocycles. The molecule has 2 rings (SSSR count). The van der Waals surface area contributed by atoms with Gasteiger partial charge in [0.25, 0.3) is 5.91 Å².